The highest BCUT2D eigenvalue weighted by molar-refractivity contribution is 5.75. The standard InChI is InChI=1S/C11H20N2O4/c1-8(7-14)12(2)11(17)13-4-3-9(6-13)5-10(15)16/h8-9,14H,3-7H2,1-2H3,(H,15,16). The van der Waals surface area contributed by atoms with Gasteiger partial charge in [-0.05, 0) is 19.3 Å². The minimum Gasteiger partial charge on any atom is -0.481 e. The van der Waals surface area contributed by atoms with Gasteiger partial charge in [0.1, 0.15) is 0 Å². The molecular weight excluding hydrogens is 224 g/mol. The molecule has 6 heteroatoms. The number of likely N-dealkylation sites (N-methyl/N-ethyl adjacent to an activating group) is 1. The zero-order chi connectivity index (χ0) is 13.0. The molecule has 2 unspecified atom stereocenters. The number of carboxylic acids is 1. The van der Waals surface area contributed by atoms with E-state index in [-0.39, 0.29) is 31.0 Å². The summed E-state index contributed by atoms with van der Waals surface area (Å²) in [4.78, 5) is 25.7. The Balaban J connectivity index is 2.47. The Morgan fingerprint density at radius 2 is 2.18 bits per heavy atom. The van der Waals surface area contributed by atoms with E-state index in [1.807, 2.05) is 0 Å². The summed E-state index contributed by atoms with van der Waals surface area (Å²) >= 11 is 0. The SMILES string of the molecule is CC(CO)N(C)C(=O)N1CCC(CC(=O)O)C1. The minimum atomic E-state index is -0.818. The summed E-state index contributed by atoms with van der Waals surface area (Å²) in [5.41, 5.74) is 0. The van der Waals surface area contributed by atoms with Crippen LogP contribution in [0.5, 0.6) is 0 Å². The molecule has 0 aliphatic carbocycles. The Morgan fingerprint density at radius 1 is 1.53 bits per heavy atom. The molecule has 98 valence electrons. The van der Waals surface area contributed by atoms with Crippen molar-refractivity contribution in [1.29, 1.82) is 0 Å². The van der Waals surface area contributed by atoms with E-state index in [2.05, 4.69) is 0 Å². The highest BCUT2D eigenvalue weighted by Crippen LogP contribution is 2.20. The van der Waals surface area contributed by atoms with Crippen LogP contribution in [0.1, 0.15) is 19.8 Å². The number of urea groups is 1. The fraction of sp³-hybridized carbons (Fsp3) is 0.818. The molecule has 2 amide bonds. The van der Waals surface area contributed by atoms with Crippen LogP contribution in [0.4, 0.5) is 4.79 Å². The van der Waals surface area contributed by atoms with Crippen LogP contribution in [0.15, 0.2) is 0 Å². The van der Waals surface area contributed by atoms with Crippen LogP contribution >= 0.6 is 0 Å². The van der Waals surface area contributed by atoms with Gasteiger partial charge in [-0.2, -0.15) is 0 Å². The Labute approximate surface area is 101 Å². The van der Waals surface area contributed by atoms with Gasteiger partial charge in [-0.3, -0.25) is 4.79 Å². The van der Waals surface area contributed by atoms with E-state index < -0.39 is 5.97 Å². The zero-order valence-electron chi connectivity index (χ0n) is 10.3. The van der Waals surface area contributed by atoms with E-state index in [1.54, 1.807) is 18.9 Å². The summed E-state index contributed by atoms with van der Waals surface area (Å²) in [6.45, 7) is 2.78. The lowest BCUT2D eigenvalue weighted by molar-refractivity contribution is -0.138. The zero-order valence-corrected chi connectivity index (χ0v) is 10.3. The number of rotatable bonds is 4. The Hall–Kier alpha value is -1.30. The third-order valence-corrected chi connectivity index (χ3v) is 3.25. The maximum absolute atomic E-state index is 12.0. The highest BCUT2D eigenvalue weighted by Gasteiger charge is 2.30. The summed E-state index contributed by atoms with van der Waals surface area (Å²) in [5, 5.41) is 17.7. The monoisotopic (exact) mass is 244 g/mol. The Kier molecular flexibility index (Phi) is 4.74. The maximum Gasteiger partial charge on any atom is 0.320 e. The van der Waals surface area contributed by atoms with Crippen molar-refractivity contribution in [3.63, 3.8) is 0 Å². The Bertz CT molecular complexity index is 295. The average molecular weight is 244 g/mol. The molecule has 1 aliphatic heterocycles. The lowest BCUT2D eigenvalue weighted by Crippen LogP contribution is -2.45. The van der Waals surface area contributed by atoms with Crippen LogP contribution in [0, 0.1) is 5.92 Å². The van der Waals surface area contributed by atoms with Crippen LogP contribution in [0.25, 0.3) is 0 Å². The first-order valence-electron chi connectivity index (χ1n) is 5.80. The number of amides is 2. The number of nitrogens with zero attached hydrogens (tertiary/aromatic N) is 2. The van der Waals surface area contributed by atoms with Crippen LogP contribution < -0.4 is 0 Å². The number of carbonyl (C=O) groups is 2. The third-order valence-electron chi connectivity index (χ3n) is 3.25. The molecule has 2 N–H and O–H groups in total. The van der Waals surface area contributed by atoms with Gasteiger partial charge < -0.3 is 20.0 Å². The maximum atomic E-state index is 12.0. The second-order valence-corrected chi connectivity index (χ2v) is 4.62. The number of likely N-dealkylation sites (tertiary alicyclic amines) is 1. The fourth-order valence-electron chi connectivity index (χ4n) is 1.95. The lowest BCUT2D eigenvalue weighted by Gasteiger charge is -2.28. The van der Waals surface area contributed by atoms with Crippen molar-refractivity contribution in [3.8, 4) is 0 Å². The second kappa shape index (κ2) is 5.86. The van der Waals surface area contributed by atoms with Gasteiger partial charge in [-0.25, -0.2) is 4.79 Å². The summed E-state index contributed by atoms with van der Waals surface area (Å²) in [7, 11) is 1.65. The molecule has 0 spiro atoms. The van der Waals surface area contributed by atoms with Crippen LogP contribution in [0.2, 0.25) is 0 Å². The molecule has 1 heterocycles. The predicted molar refractivity (Wildman–Crippen MR) is 61.6 cm³/mol. The molecule has 0 bridgehead atoms. The van der Waals surface area contributed by atoms with Gasteiger partial charge in [0.2, 0.25) is 0 Å². The number of hydrogen-bond donors (Lipinski definition) is 2. The van der Waals surface area contributed by atoms with Crippen molar-refractivity contribution in [2.75, 3.05) is 26.7 Å². The van der Waals surface area contributed by atoms with Gasteiger partial charge in [0, 0.05) is 26.6 Å². The number of hydrogen-bond acceptors (Lipinski definition) is 3. The van der Waals surface area contributed by atoms with Gasteiger partial charge in [0.05, 0.1) is 12.6 Å². The molecular formula is C11H20N2O4. The Morgan fingerprint density at radius 3 is 2.71 bits per heavy atom. The lowest BCUT2D eigenvalue weighted by atomic mass is 10.1. The van der Waals surface area contributed by atoms with Crippen LogP contribution in [0.3, 0.4) is 0 Å². The van der Waals surface area contributed by atoms with E-state index in [1.165, 1.54) is 4.90 Å². The van der Waals surface area contributed by atoms with Crippen molar-refractivity contribution in [2.45, 2.75) is 25.8 Å². The molecule has 0 saturated carbocycles. The first kappa shape index (κ1) is 13.8. The number of aliphatic hydroxyl groups is 1. The van der Waals surface area contributed by atoms with E-state index in [9.17, 15) is 9.59 Å². The largest absolute Gasteiger partial charge is 0.481 e. The van der Waals surface area contributed by atoms with Gasteiger partial charge in [0.15, 0.2) is 0 Å². The average Bonchev–Trinajstić information content (AvgIpc) is 2.73. The first-order chi connectivity index (χ1) is 7.95. The molecule has 0 aromatic carbocycles. The molecule has 1 rings (SSSR count). The molecule has 1 fully saturated rings. The van der Waals surface area contributed by atoms with Gasteiger partial charge in [0.25, 0.3) is 0 Å². The van der Waals surface area contributed by atoms with Gasteiger partial charge in [-0.1, -0.05) is 0 Å². The molecule has 0 radical (unpaired) electrons. The summed E-state index contributed by atoms with van der Waals surface area (Å²) in [6.07, 6.45) is 0.850. The normalized spacial score (nSPS) is 21.4. The third kappa shape index (κ3) is 3.59. The molecule has 0 aromatic heterocycles. The van der Waals surface area contributed by atoms with E-state index in [4.69, 9.17) is 10.2 Å². The fourth-order valence-corrected chi connectivity index (χ4v) is 1.95. The van der Waals surface area contributed by atoms with Gasteiger partial charge in [-0.15, -0.1) is 0 Å². The minimum absolute atomic E-state index is 0.0503. The molecule has 6 nitrogen and oxygen atoms in total. The summed E-state index contributed by atoms with van der Waals surface area (Å²) < 4.78 is 0. The highest BCUT2D eigenvalue weighted by atomic mass is 16.4. The van der Waals surface area contributed by atoms with E-state index in [0.717, 1.165) is 6.42 Å². The van der Waals surface area contributed by atoms with Crippen molar-refractivity contribution in [2.24, 2.45) is 5.92 Å². The molecule has 1 aliphatic rings. The molecule has 17 heavy (non-hydrogen) atoms. The molecule has 2 atom stereocenters. The quantitative estimate of drug-likeness (QED) is 0.741. The number of aliphatic carboxylic acids is 1. The van der Waals surface area contributed by atoms with E-state index in [0.29, 0.717) is 13.1 Å². The first-order valence-corrected chi connectivity index (χ1v) is 5.80. The smallest absolute Gasteiger partial charge is 0.320 e. The van der Waals surface area contributed by atoms with Crippen LogP contribution in [-0.4, -0.2) is 64.8 Å². The van der Waals surface area contributed by atoms with Crippen molar-refractivity contribution < 1.29 is 19.8 Å². The second-order valence-electron chi connectivity index (χ2n) is 4.62. The number of carbonyl (C=O) groups excluding carboxylic acids is 1. The topological polar surface area (TPSA) is 81.1 Å². The van der Waals surface area contributed by atoms with Crippen molar-refractivity contribution >= 4 is 12.0 Å². The van der Waals surface area contributed by atoms with Gasteiger partial charge >= 0.3 is 12.0 Å². The predicted octanol–water partition coefficient (Wildman–Crippen LogP) is 0.216. The van der Waals surface area contributed by atoms with E-state index >= 15 is 0 Å². The summed E-state index contributed by atoms with van der Waals surface area (Å²) in [5.74, 6) is -0.768. The van der Waals surface area contributed by atoms with Crippen molar-refractivity contribution in [3.05, 3.63) is 0 Å². The molecule has 0 aromatic rings. The number of carboxylic acid groups (broad SMARTS) is 1. The summed E-state index contributed by atoms with van der Waals surface area (Å²) in [6, 6.07) is -0.361. The van der Waals surface area contributed by atoms with Crippen molar-refractivity contribution in [1.82, 2.24) is 9.80 Å². The van der Waals surface area contributed by atoms with Crippen LogP contribution in [-0.2, 0) is 4.79 Å². The molecule has 1 saturated heterocycles. The number of aliphatic hydroxyl groups excluding tert-OH is 1.